The van der Waals surface area contributed by atoms with Crippen LogP contribution in [0.1, 0.15) is 16.7 Å². The molecule has 0 bridgehead atoms. The predicted molar refractivity (Wildman–Crippen MR) is 74.8 cm³/mol. The minimum Gasteiger partial charge on any atom is -0.399 e. The average molecular weight is 226 g/mol. The third-order valence-corrected chi connectivity index (χ3v) is 2.91. The summed E-state index contributed by atoms with van der Waals surface area (Å²) in [5.74, 6) is 0. The Morgan fingerprint density at radius 3 is 2.29 bits per heavy atom. The van der Waals surface area contributed by atoms with E-state index in [0.29, 0.717) is 0 Å². The Balaban J connectivity index is 2.34. The smallest absolute Gasteiger partial charge is 0.0434 e. The van der Waals surface area contributed by atoms with Crippen molar-refractivity contribution in [2.75, 3.05) is 11.1 Å². The molecule has 2 heteroatoms. The molecule has 0 aromatic heterocycles. The summed E-state index contributed by atoms with van der Waals surface area (Å²) in [7, 11) is 0. The first-order valence-corrected chi connectivity index (χ1v) is 5.76. The minimum atomic E-state index is 0.780. The van der Waals surface area contributed by atoms with Crippen molar-refractivity contribution < 1.29 is 0 Å². The molecule has 0 saturated heterocycles. The highest BCUT2D eigenvalue weighted by molar-refractivity contribution is 5.69. The van der Waals surface area contributed by atoms with Gasteiger partial charge in [-0.2, -0.15) is 0 Å². The van der Waals surface area contributed by atoms with E-state index < -0.39 is 0 Å². The number of nitrogen functional groups attached to an aromatic ring is 1. The van der Waals surface area contributed by atoms with E-state index in [2.05, 4.69) is 44.3 Å². The van der Waals surface area contributed by atoms with E-state index >= 15 is 0 Å². The average Bonchev–Trinajstić information content (AvgIpc) is 2.27. The molecule has 88 valence electrons. The quantitative estimate of drug-likeness (QED) is 0.761. The molecule has 0 saturated carbocycles. The molecular weight excluding hydrogens is 208 g/mol. The fraction of sp³-hybridized carbons (Fsp3) is 0.200. The van der Waals surface area contributed by atoms with Gasteiger partial charge in [-0.3, -0.25) is 0 Å². The summed E-state index contributed by atoms with van der Waals surface area (Å²) in [6.07, 6.45) is 0. The Kier molecular flexibility index (Phi) is 3.05. The molecule has 0 heterocycles. The maximum Gasteiger partial charge on any atom is 0.0434 e. The van der Waals surface area contributed by atoms with Crippen LogP contribution in [0.25, 0.3) is 0 Å². The standard InChI is InChI=1S/C15H18N2/c1-10-4-7-14(12(3)8-10)17-15-9-13(16)6-5-11(15)2/h4-9,17H,16H2,1-3H3. The lowest BCUT2D eigenvalue weighted by Gasteiger charge is -2.13. The van der Waals surface area contributed by atoms with Crippen LogP contribution in [-0.2, 0) is 0 Å². The number of nitrogens with two attached hydrogens (primary N) is 1. The van der Waals surface area contributed by atoms with Crippen molar-refractivity contribution in [2.45, 2.75) is 20.8 Å². The van der Waals surface area contributed by atoms with Crippen LogP contribution in [0.2, 0.25) is 0 Å². The fourth-order valence-corrected chi connectivity index (χ4v) is 1.87. The molecule has 0 amide bonds. The van der Waals surface area contributed by atoms with Crippen LogP contribution < -0.4 is 11.1 Å². The van der Waals surface area contributed by atoms with Crippen LogP contribution >= 0.6 is 0 Å². The monoisotopic (exact) mass is 226 g/mol. The SMILES string of the molecule is Cc1ccc(Nc2cc(N)ccc2C)c(C)c1. The van der Waals surface area contributed by atoms with Crippen molar-refractivity contribution in [3.63, 3.8) is 0 Å². The molecule has 0 aliphatic carbocycles. The van der Waals surface area contributed by atoms with Crippen molar-refractivity contribution in [3.05, 3.63) is 53.1 Å². The predicted octanol–water partition coefficient (Wildman–Crippen LogP) is 3.94. The molecule has 0 atom stereocenters. The first kappa shape index (κ1) is 11.5. The zero-order chi connectivity index (χ0) is 12.4. The zero-order valence-electron chi connectivity index (χ0n) is 10.5. The molecule has 2 nitrogen and oxygen atoms in total. The van der Waals surface area contributed by atoms with Gasteiger partial charge in [0.05, 0.1) is 0 Å². The molecule has 0 spiro atoms. The van der Waals surface area contributed by atoms with Gasteiger partial charge < -0.3 is 11.1 Å². The molecule has 2 aromatic rings. The lowest BCUT2D eigenvalue weighted by molar-refractivity contribution is 1.35. The molecular formula is C15H18N2. The summed E-state index contributed by atoms with van der Waals surface area (Å²) in [6.45, 7) is 6.28. The van der Waals surface area contributed by atoms with Gasteiger partial charge in [0, 0.05) is 17.1 Å². The van der Waals surface area contributed by atoms with Crippen LogP contribution in [0.3, 0.4) is 0 Å². The Bertz CT molecular complexity index is 545. The Hall–Kier alpha value is -1.96. The number of rotatable bonds is 2. The van der Waals surface area contributed by atoms with Crippen molar-refractivity contribution in [1.82, 2.24) is 0 Å². The van der Waals surface area contributed by atoms with Crippen LogP contribution in [0, 0.1) is 20.8 Å². The summed E-state index contributed by atoms with van der Waals surface area (Å²) >= 11 is 0. The highest BCUT2D eigenvalue weighted by Crippen LogP contribution is 2.25. The molecule has 0 radical (unpaired) electrons. The molecule has 0 unspecified atom stereocenters. The van der Waals surface area contributed by atoms with Gasteiger partial charge in [0.25, 0.3) is 0 Å². The van der Waals surface area contributed by atoms with E-state index in [0.717, 1.165) is 17.1 Å². The van der Waals surface area contributed by atoms with E-state index in [1.807, 2.05) is 18.2 Å². The Morgan fingerprint density at radius 1 is 0.824 bits per heavy atom. The molecule has 0 fully saturated rings. The first-order valence-electron chi connectivity index (χ1n) is 5.76. The van der Waals surface area contributed by atoms with Crippen LogP contribution in [-0.4, -0.2) is 0 Å². The maximum atomic E-state index is 5.80. The van der Waals surface area contributed by atoms with E-state index in [4.69, 9.17) is 5.73 Å². The number of aryl methyl sites for hydroxylation is 3. The third kappa shape index (κ3) is 2.59. The zero-order valence-corrected chi connectivity index (χ0v) is 10.5. The number of anilines is 3. The Morgan fingerprint density at radius 2 is 1.59 bits per heavy atom. The van der Waals surface area contributed by atoms with Gasteiger partial charge in [-0.1, -0.05) is 23.8 Å². The van der Waals surface area contributed by atoms with Crippen LogP contribution in [0.15, 0.2) is 36.4 Å². The topological polar surface area (TPSA) is 38.0 Å². The van der Waals surface area contributed by atoms with Gasteiger partial charge in [-0.15, -0.1) is 0 Å². The van der Waals surface area contributed by atoms with Gasteiger partial charge in [0.2, 0.25) is 0 Å². The minimum absolute atomic E-state index is 0.780. The van der Waals surface area contributed by atoms with Gasteiger partial charge >= 0.3 is 0 Å². The van der Waals surface area contributed by atoms with Crippen molar-refractivity contribution >= 4 is 17.1 Å². The summed E-state index contributed by atoms with van der Waals surface area (Å²) < 4.78 is 0. The van der Waals surface area contributed by atoms with Crippen molar-refractivity contribution in [2.24, 2.45) is 0 Å². The number of nitrogens with one attached hydrogen (secondary N) is 1. The Labute approximate surface area is 102 Å². The summed E-state index contributed by atoms with van der Waals surface area (Å²) in [5.41, 5.74) is 12.5. The number of hydrogen-bond acceptors (Lipinski definition) is 2. The van der Waals surface area contributed by atoms with Gasteiger partial charge in [-0.25, -0.2) is 0 Å². The highest BCUT2D eigenvalue weighted by Gasteiger charge is 2.02. The summed E-state index contributed by atoms with van der Waals surface area (Å²) in [4.78, 5) is 0. The van der Waals surface area contributed by atoms with Crippen molar-refractivity contribution in [1.29, 1.82) is 0 Å². The fourth-order valence-electron chi connectivity index (χ4n) is 1.87. The second-order valence-electron chi connectivity index (χ2n) is 4.52. The van der Waals surface area contributed by atoms with E-state index in [1.54, 1.807) is 0 Å². The second kappa shape index (κ2) is 4.50. The lowest BCUT2D eigenvalue weighted by Crippen LogP contribution is -1.97. The molecule has 17 heavy (non-hydrogen) atoms. The third-order valence-electron chi connectivity index (χ3n) is 2.91. The largest absolute Gasteiger partial charge is 0.399 e. The molecule has 2 aromatic carbocycles. The van der Waals surface area contributed by atoms with Crippen LogP contribution in [0.5, 0.6) is 0 Å². The first-order chi connectivity index (χ1) is 8.06. The van der Waals surface area contributed by atoms with E-state index in [9.17, 15) is 0 Å². The van der Waals surface area contributed by atoms with Gasteiger partial charge in [0.1, 0.15) is 0 Å². The highest BCUT2D eigenvalue weighted by atomic mass is 14.9. The lowest BCUT2D eigenvalue weighted by atomic mass is 10.1. The van der Waals surface area contributed by atoms with E-state index in [1.165, 1.54) is 16.7 Å². The van der Waals surface area contributed by atoms with E-state index in [-0.39, 0.29) is 0 Å². The normalized spacial score (nSPS) is 10.3. The molecule has 0 aliphatic heterocycles. The van der Waals surface area contributed by atoms with Gasteiger partial charge in [-0.05, 0) is 50.1 Å². The van der Waals surface area contributed by atoms with Crippen molar-refractivity contribution in [3.8, 4) is 0 Å². The summed E-state index contributed by atoms with van der Waals surface area (Å²) in [6, 6.07) is 12.3. The number of hydrogen-bond donors (Lipinski definition) is 2. The maximum absolute atomic E-state index is 5.80. The van der Waals surface area contributed by atoms with Gasteiger partial charge in [0.15, 0.2) is 0 Å². The van der Waals surface area contributed by atoms with Crippen LogP contribution in [0.4, 0.5) is 17.1 Å². The number of benzene rings is 2. The second-order valence-corrected chi connectivity index (χ2v) is 4.52. The molecule has 3 N–H and O–H groups in total. The molecule has 2 rings (SSSR count). The summed E-state index contributed by atoms with van der Waals surface area (Å²) in [5, 5.41) is 3.43. The molecule has 0 aliphatic rings.